The Bertz CT molecular complexity index is 433. The Labute approximate surface area is 113 Å². The molecule has 0 aromatic heterocycles. The number of hydrogen-bond donors (Lipinski definition) is 1. The molecule has 2 N–H and O–H groups in total. The molecule has 0 saturated carbocycles. The minimum absolute atomic E-state index is 0.0247. The first-order valence-electron chi connectivity index (χ1n) is 6.31. The van der Waals surface area contributed by atoms with Crippen LogP contribution in [0.1, 0.15) is 24.8 Å². The number of likely N-dealkylation sites (tertiary alicyclic amines) is 1. The highest BCUT2D eigenvalue weighted by Gasteiger charge is 2.29. The Morgan fingerprint density at radius 2 is 2.11 bits per heavy atom. The lowest BCUT2D eigenvalue weighted by Crippen LogP contribution is -2.42. The van der Waals surface area contributed by atoms with Crippen molar-refractivity contribution in [2.75, 3.05) is 6.54 Å². The van der Waals surface area contributed by atoms with Crippen molar-refractivity contribution >= 4 is 23.1 Å². The topological polar surface area (TPSA) is 46.3 Å². The first kappa shape index (κ1) is 13.0. The first-order chi connectivity index (χ1) is 8.68. The molecule has 1 saturated heterocycles. The van der Waals surface area contributed by atoms with Crippen molar-refractivity contribution in [2.24, 2.45) is 5.73 Å². The van der Waals surface area contributed by atoms with E-state index in [0.717, 1.165) is 25.8 Å². The average Bonchev–Trinajstić information content (AvgIpc) is 2.86. The van der Waals surface area contributed by atoms with Crippen LogP contribution in [0.15, 0.2) is 30.3 Å². The number of aryl methyl sites for hydroxylation is 1. The van der Waals surface area contributed by atoms with Crippen LogP contribution >= 0.6 is 12.2 Å². The molecule has 3 nitrogen and oxygen atoms in total. The molecule has 4 heteroatoms. The molecular weight excluding hydrogens is 244 g/mol. The largest absolute Gasteiger partial charge is 0.392 e. The van der Waals surface area contributed by atoms with Crippen LogP contribution in [-0.2, 0) is 11.2 Å². The number of nitrogens with zero attached hydrogens (tertiary/aromatic N) is 1. The van der Waals surface area contributed by atoms with E-state index in [0.29, 0.717) is 11.4 Å². The average molecular weight is 262 g/mol. The minimum Gasteiger partial charge on any atom is -0.392 e. The Hall–Kier alpha value is -1.42. The smallest absolute Gasteiger partial charge is 0.223 e. The van der Waals surface area contributed by atoms with Crippen molar-refractivity contribution < 1.29 is 4.79 Å². The molecule has 2 rings (SSSR count). The molecule has 1 aromatic rings. The highest BCUT2D eigenvalue weighted by atomic mass is 32.1. The van der Waals surface area contributed by atoms with Gasteiger partial charge in [0.15, 0.2) is 0 Å². The monoisotopic (exact) mass is 262 g/mol. The predicted molar refractivity (Wildman–Crippen MR) is 76.3 cm³/mol. The molecule has 1 amide bonds. The van der Waals surface area contributed by atoms with Crippen molar-refractivity contribution in [3.05, 3.63) is 35.9 Å². The van der Waals surface area contributed by atoms with Crippen molar-refractivity contribution in [1.82, 2.24) is 4.90 Å². The molecule has 1 aliphatic rings. The van der Waals surface area contributed by atoms with Gasteiger partial charge in [-0.05, 0) is 24.8 Å². The summed E-state index contributed by atoms with van der Waals surface area (Å²) in [6.07, 6.45) is 3.22. The number of benzene rings is 1. The van der Waals surface area contributed by atoms with Crippen molar-refractivity contribution in [3.63, 3.8) is 0 Å². The zero-order valence-corrected chi connectivity index (χ0v) is 11.2. The van der Waals surface area contributed by atoms with Crippen LogP contribution in [0.25, 0.3) is 0 Å². The van der Waals surface area contributed by atoms with Crippen LogP contribution in [0, 0.1) is 0 Å². The summed E-state index contributed by atoms with van der Waals surface area (Å²) in [4.78, 5) is 14.4. The molecule has 0 aliphatic carbocycles. The van der Waals surface area contributed by atoms with Gasteiger partial charge in [0.2, 0.25) is 5.91 Å². The lowest BCUT2D eigenvalue weighted by Gasteiger charge is -2.23. The number of carbonyl (C=O) groups excluding carboxylic acids is 1. The standard InChI is InChI=1S/C14H18N2OS/c15-14(18)12-7-4-10-16(12)13(17)9-8-11-5-2-1-3-6-11/h1-3,5-6,12H,4,7-10H2,(H2,15,18). The van der Waals surface area contributed by atoms with Gasteiger partial charge in [0.1, 0.15) is 0 Å². The quantitative estimate of drug-likeness (QED) is 0.843. The number of amides is 1. The van der Waals surface area contributed by atoms with Crippen LogP contribution in [0.4, 0.5) is 0 Å². The fourth-order valence-electron chi connectivity index (χ4n) is 2.40. The molecule has 1 atom stereocenters. The number of hydrogen-bond acceptors (Lipinski definition) is 2. The maximum absolute atomic E-state index is 12.1. The van der Waals surface area contributed by atoms with Gasteiger partial charge in [-0.2, -0.15) is 0 Å². The van der Waals surface area contributed by atoms with Gasteiger partial charge in [0.25, 0.3) is 0 Å². The van der Waals surface area contributed by atoms with Gasteiger partial charge in [0, 0.05) is 13.0 Å². The Kier molecular flexibility index (Phi) is 4.31. The molecule has 1 aromatic carbocycles. The third-order valence-electron chi connectivity index (χ3n) is 3.37. The summed E-state index contributed by atoms with van der Waals surface area (Å²) in [5.41, 5.74) is 6.86. The van der Waals surface area contributed by atoms with E-state index >= 15 is 0 Å². The lowest BCUT2D eigenvalue weighted by atomic mass is 10.1. The molecule has 1 heterocycles. The maximum Gasteiger partial charge on any atom is 0.223 e. The van der Waals surface area contributed by atoms with E-state index in [2.05, 4.69) is 0 Å². The van der Waals surface area contributed by atoms with E-state index in [1.54, 1.807) is 0 Å². The molecule has 1 unspecified atom stereocenters. The summed E-state index contributed by atoms with van der Waals surface area (Å²) in [6.45, 7) is 0.787. The minimum atomic E-state index is -0.0247. The normalized spacial score (nSPS) is 18.9. The number of carbonyl (C=O) groups is 1. The summed E-state index contributed by atoms with van der Waals surface area (Å²) in [7, 11) is 0. The molecule has 0 spiro atoms. The number of nitrogens with two attached hydrogens (primary N) is 1. The van der Waals surface area contributed by atoms with Gasteiger partial charge in [-0.1, -0.05) is 42.5 Å². The Morgan fingerprint density at radius 3 is 2.78 bits per heavy atom. The fraction of sp³-hybridized carbons (Fsp3) is 0.429. The van der Waals surface area contributed by atoms with E-state index in [1.807, 2.05) is 35.2 Å². The van der Waals surface area contributed by atoms with Gasteiger partial charge in [-0.25, -0.2) is 0 Å². The van der Waals surface area contributed by atoms with E-state index in [1.165, 1.54) is 5.56 Å². The maximum atomic E-state index is 12.1. The second kappa shape index (κ2) is 5.96. The highest BCUT2D eigenvalue weighted by molar-refractivity contribution is 7.80. The van der Waals surface area contributed by atoms with Gasteiger partial charge in [-0.3, -0.25) is 4.79 Å². The van der Waals surface area contributed by atoms with Crippen molar-refractivity contribution in [2.45, 2.75) is 31.7 Å². The number of rotatable bonds is 4. The van der Waals surface area contributed by atoms with E-state index < -0.39 is 0 Å². The van der Waals surface area contributed by atoms with Crippen LogP contribution in [0.5, 0.6) is 0 Å². The summed E-state index contributed by atoms with van der Waals surface area (Å²) in [5.74, 6) is 0.161. The lowest BCUT2D eigenvalue weighted by molar-refractivity contribution is -0.130. The molecule has 0 bridgehead atoms. The van der Waals surface area contributed by atoms with Crippen LogP contribution in [0.3, 0.4) is 0 Å². The zero-order chi connectivity index (χ0) is 13.0. The van der Waals surface area contributed by atoms with Gasteiger partial charge >= 0.3 is 0 Å². The predicted octanol–water partition coefficient (Wildman–Crippen LogP) is 1.90. The second-order valence-corrected chi connectivity index (χ2v) is 5.10. The first-order valence-corrected chi connectivity index (χ1v) is 6.72. The molecule has 18 heavy (non-hydrogen) atoms. The van der Waals surface area contributed by atoms with Gasteiger partial charge < -0.3 is 10.6 Å². The van der Waals surface area contributed by atoms with E-state index in [9.17, 15) is 4.79 Å². The van der Waals surface area contributed by atoms with Crippen LogP contribution < -0.4 is 5.73 Å². The third-order valence-corrected chi connectivity index (χ3v) is 3.64. The third kappa shape index (κ3) is 3.07. The molecular formula is C14H18N2OS. The van der Waals surface area contributed by atoms with Crippen LogP contribution in [-0.4, -0.2) is 28.4 Å². The van der Waals surface area contributed by atoms with E-state index in [4.69, 9.17) is 18.0 Å². The molecule has 96 valence electrons. The SMILES string of the molecule is NC(=S)C1CCCN1C(=O)CCc1ccccc1. The molecule has 0 radical (unpaired) electrons. The second-order valence-electron chi connectivity index (χ2n) is 4.63. The van der Waals surface area contributed by atoms with Crippen LogP contribution in [0.2, 0.25) is 0 Å². The Balaban J connectivity index is 1.90. The molecule has 1 fully saturated rings. The summed E-state index contributed by atoms with van der Waals surface area (Å²) < 4.78 is 0. The Morgan fingerprint density at radius 1 is 1.39 bits per heavy atom. The van der Waals surface area contributed by atoms with Crippen molar-refractivity contribution in [1.29, 1.82) is 0 Å². The van der Waals surface area contributed by atoms with Gasteiger partial charge in [0.05, 0.1) is 11.0 Å². The summed E-state index contributed by atoms with van der Waals surface area (Å²) in [6, 6.07) is 10.0. The summed E-state index contributed by atoms with van der Waals surface area (Å²) in [5, 5.41) is 0. The van der Waals surface area contributed by atoms with Gasteiger partial charge in [-0.15, -0.1) is 0 Å². The van der Waals surface area contributed by atoms with E-state index in [-0.39, 0.29) is 11.9 Å². The molecule has 1 aliphatic heterocycles. The number of thiocarbonyl (C=S) groups is 1. The fourth-order valence-corrected chi connectivity index (χ4v) is 2.65. The highest BCUT2D eigenvalue weighted by Crippen LogP contribution is 2.19. The summed E-state index contributed by atoms with van der Waals surface area (Å²) >= 11 is 5.01. The van der Waals surface area contributed by atoms with Crippen molar-refractivity contribution in [3.8, 4) is 0 Å². The zero-order valence-electron chi connectivity index (χ0n) is 10.3.